The number of nitrogens with zero attached hydrogens (tertiary/aromatic N) is 1. The molecule has 2 aromatic rings. The molecule has 3 aliphatic carbocycles. The Labute approximate surface area is 198 Å². The van der Waals surface area contributed by atoms with Gasteiger partial charge in [0.15, 0.2) is 0 Å². The van der Waals surface area contributed by atoms with Crippen molar-refractivity contribution < 1.29 is 5.11 Å². The molecule has 1 saturated heterocycles. The molecule has 6 heteroatoms. The summed E-state index contributed by atoms with van der Waals surface area (Å²) in [4.78, 5) is 2.64. The van der Waals surface area contributed by atoms with Gasteiger partial charge in [-0.25, -0.2) is 0 Å². The van der Waals surface area contributed by atoms with E-state index in [9.17, 15) is 5.11 Å². The Bertz CT molecular complexity index is 897. The molecule has 2 nitrogen and oxygen atoms in total. The SMILES string of the molecule is O[C@H]1CC2(N3CCCC3)C[C@@H](c3ccc(Cl)c(Cl)c3)C1[C@H](c1ccc(Cl)c(Cl)c1)C2. The lowest BCUT2D eigenvalue weighted by Crippen LogP contribution is -2.62. The van der Waals surface area contributed by atoms with Crippen LogP contribution in [0.25, 0.3) is 0 Å². The van der Waals surface area contributed by atoms with Crippen LogP contribution in [0.2, 0.25) is 20.1 Å². The molecule has 2 aromatic carbocycles. The lowest BCUT2D eigenvalue weighted by atomic mass is 9.51. The first-order valence-corrected chi connectivity index (χ1v) is 12.2. The van der Waals surface area contributed by atoms with Crippen molar-refractivity contribution in [2.75, 3.05) is 13.1 Å². The second-order valence-electron chi connectivity index (χ2n) is 9.24. The second kappa shape index (κ2) is 8.14. The summed E-state index contributed by atoms with van der Waals surface area (Å²) in [6.07, 6.45) is 5.03. The summed E-state index contributed by atoms with van der Waals surface area (Å²) in [5, 5.41) is 13.7. The first-order valence-electron chi connectivity index (χ1n) is 10.7. The van der Waals surface area contributed by atoms with Crippen LogP contribution in [-0.2, 0) is 0 Å². The Hall–Kier alpha value is -0.480. The molecule has 160 valence electrons. The van der Waals surface area contributed by atoms with Gasteiger partial charge in [0.1, 0.15) is 0 Å². The highest BCUT2D eigenvalue weighted by atomic mass is 35.5. The first-order chi connectivity index (χ1) is 14.4. The van der Waals surface area contributed by atoms with Crippen molar-refractivity contribution in [3.05, 3.63) is 67.6 Å². The molecular weight excluding hydrogens is 460 g/mol. The smallest absolute Gasteiger partial charge is 0.0597 e. The number of likely N-dealkylation sites (tertiary alicyclic amines) is 1. The average molecular weight is 485 g/mol. The molecule has 6 rings (SSSR count). The van der Waals surface area contributed by atoms with Gasteiger partial charge < -0.3 is 5.11 Å². The average Bonchev–Trinajstić information content (AvgIpc) is 3.27. The zero-order chi connectivity index (χ0) is 21.0. The number of hydrogen-bond acceptors (Lipinski definition) is 2. The summed E-state index contributed by atoms with van der Waals surface area (Å²) < 4.78 is 0. The van der Waals surface area contributed by atoms with Gasteiger partial charge in [0.2, 0.25) is 0 Å². The van der Waals surface area contributed by atoms with E-state index in [1.165, 1.54) is 24.0 Å². The highest BCUT2D eigenvalue weighted by Crippen LogP contribution is 2.60. The molecule has 4 fully saturated rings. The Morgan fingerprint density at radius 1 is 0.733 bits per heavy atom. The molecule has 30 heavy (non-hydrogen) atoms. The highest BCUT2D eigenvalue weighted by molar-refractivity contribution is 6.42. The third-order valence-corrected chi connectivity index (χ3v) is 9.16. The summed E-state index contributed by atoms with van der Waals surface area (Å²) in [5.41, 5.74) is 2.33. The largest absolute Gasteiger partial charge is 0.393 e. The summed E-state index contributed by atoms with van der Waals surface area (Å²) >= 11 is 25.2. The maximum Gasteiger partial charge on any atom is 0.0597 e. The fourth-order valence-electron chi connectivity index (χ4n) is 6.43. The molecule has 0 unspecified atom stereocenters. The van der Waals surface area contributed by atoms with Gasteiger partial charge in [0.05, 0.1) is 26.2 Å². The van der Waals surface area contributed by atoms with Gasteiger partial charge in [0, 0.05) is 5.54 Å². The predicted molar refractivity (Wildman–Crippen MR) is 125 cm³/mol. The van der Waals surface area contributed by atoms with Crippen molar-refractivity contribution in [1.82, 2.24) is 4.90 Å². The Morgan fingerprint density at radius 2 is 1.23 bits per heavy atom. The molecule has 4 aliphatic rings. The zero-order valence-electron chi connectivity index (χ0n) is 16.6. The summed E-state index contributed by atoms with van der Waals surface area (Å²) in [6.45, 7) is 2.22. The summed E-state index contributed by atoms with van der Waals surface area (Å²) in [5.74, 6) is 0.554. The van der Waals surface area contributed by atoms with Crippen molar-refractivity contribution in [3.8, 4) is 0 Å². The minimum atomic E-state index is -0.369. The van der Waals surface area contributed by atoms with Crippen molar-refractivity contribution in [1.29, 1.82) is 0 Å². The highest BCUT2D eigenvalue weighted by Gasteiger charge is 2.57. The van der Waals surface area contributed by atoms with Crippen LogP contribution >= 0.6 is 46.4 Å². The van der Waals surface area contributed by atoms with Crippen molar-refractivity contribution >= 4 is 46.4 Å². The molecule has 0 radical (unpaired) electrons. The molecule has 3 saturated carbocycles. The molecule has 3 atom stereocenters. The van der Waals surface area contributed by atoms with E-state index in [0.29, 0.717) is 20.1 Å². The molecule has 1 heterocycles. The second-order valence-corrected chi connectivity index (χ2v) is 10.9. The number of benzene rings is 2. The molecule has 0 amide bonds. The van der Waals surface area contributed by atoms with Gasteiger partial charge in [0.25, 0.3) is 0 Å². The third-order valence-electron chi connectivity index (χ3n) is 7.68. The maximum absolute atomic E-state index is 11.4. The van der Waals surface area contributed by atoms with Crippen LogP contribution in [0.4, 0.5) is 0 Å². The normalized spacial score (nSPS) is 33.9. The van der Waals surface area contributed by atoms with Gasteiger partial charge in [-0.05, 0) is 98.3 Å². The van der Waals surface area contributed by atoms with E-state index in [-0.39, 0.29) is 29.4 Å². The van der Waals surface area contributed by atoms with Crippen molar-refractivity contribution in [2.45, 2.75) is 55.6 Å². The van der Waals surface area contributed by atoms with E-state index < -0.39 is 0 Å². The van der Waals surface area contributed by atoms with Gasteiger partial charge >= 0.3 is 0 Å². The van der Waals surface area contributed by atoms with Crippen LogP contribution in [0.1, 0.15) is 55.1 Å². The predicted octanol–water partition coefficient (Wildman–Crippen LogP) is 7.18. The van der Waals surface area contributed by atoms with E-state index in [0.717, 1.165) is 32.4 Å². The molecular formula is C24H25Cl4NO. The van der Waals surface area contributed by atoms with Gasteiger partial charge in [-0.3, -0.25) is 4.90 Å². The minimum Gasteiger partial charge on any atom is -0.393 e. The van der Waals surface area contributed by atoms with E-state index in [4.69, 9.17) is 46.4 Å². The lowest BCUT2D eigenvalue weighted by molar-refractivity contribution is -0.0988. The summed E-state index contributed by atoms with van der Waals surface area (Å²) in [6, 6.07) is 11.9. The lowest BCUT2D eigenvalue weighted by Gasteiger charge is -2.60. The zero-order valence-corrected chi connectivity index (χ0v) is 19.7. The monoisotopic (exact) mass is 483 g/mol. The van der Waals surface area contributed by atoms with Crippen LogP contribution in [0.5, 0.6) is 0 Å². The van der Waals surface area contributed by atoms with Crippen molar-refractivity contribution in [2.24, 2.45) is 5.92 Å². The van der Waals surface area contributed by atoms with E-state index in [1.807, 2.05) is 24.3 Å². The van der Waals surface area contributed by atoms with Crippen LogP contribution in [-0.4, -0.2) is 34.7 Å². The number of aliphatic hydroxyl groups excluding tert-OH is 1. The number of aliphatic hydroxyl groups is 1. The van der Waals surface area contributed by atoms with Crippen LogP contribution in [0.15, 0.2) is 36.4 Å². The topological polar surface area (TPSA) is 23.5 Å². The Kier molecular flexibility index (Phi) is 5.80. The molecule has 0 aromatic heterocycles. The summed E-state index contributed by atoms with van der Waals surface area (Å²) in [7, 11) is 0. The minimum absolute atomic E-state index is 0.00176. The third kappa shape index (κ3) is 3.58. The van der Waals surface area contributed by atoms with Crippen LogP contribution < -0.4 is 0 Å². The molecule has 1 N–H and O–H groups in total. The molecule has 1 aliphatic heterocycles. The quantitative estimate of drug-likeness (QED) is 0.498. The standard InChI is InChI=1S/C24H25Cl4NO/c25-18-5-3-14(9-20(18)27)16-11-24(29-7-1-2-8-29)12-17(23(16)22(30)13-24)15-4-6-19(26)21(28)10-15/h3-6,9-10,16-17,22-23,30H,1-2,7-8,11-13H2/t16-,17-,22-,23?,24?/m0/s1. The maximum atomic E-state index is 11.4. The van der Waals surface area contributed by atoms with Crippen LogP contribution in [0, 0.1) is 5.92 Å². The number of rotatable bonds is 3. The fraction of sp³-hybridized carbons (Fsp3) is 0.500. The van der Waals surface area contributed by atoms with Crippen LogP contribution in [0.3, 0.4) is 0 Å². The van der Waals surface area contributed by atoms with Gasteiger partial charge in [-0.15, -0.1) is 0 Å². The molecule has 2 bridgehead atoms. The van der Waals surface area contributed by atoms with Crippen molar-refractivity contribution in [3.63, 3.8) is 0 Å². The van der Waals surface area contributed by atoms with E-state index in [1.54, 1.807) is 0 Å². The first kappa shape index (κ1) is 21.4. The Balaban J connectivity index is 1.61. The Morgan fingerprint density at radius 3 is 1.70 bits per heavy atom. The van der Waals surface area contributed by atoms with Gasteiger partial charge in [-0.2, -0.15) is 0 Å². The van der Waals surface area contributed by atoms with E-state index in [2.05, 4.69) is 17.0 Å². The number of hydrogen-bond donors (Lipinski definition) is 1. The number of fused-ring (bicyclic) bond motifs is 3. The van der Waals surface area contributed by atoms with Gasteiger partial charge in [-0.1, -0.05) is 58.5 Å². The number of halogens is 4. The molecule has 0 spiro atoms. The van der Waals surface area contributed by atoms with E-state index >= 15 is 0 Å². The fourth-order valence-corrected chi connectivity index (χ4v) is 7.04.